The second kappa shape index (κ2) is 11.3. The van der Waals surface area contributed by atoms with Crippen LogP contribution in [0.3, 0.4) is 0 Å². The van der Waals surface area contributed by atoms with Crippen LogP contribution in [0.5, 0.6) is 0 Å². The number of nitro benzene ring substituents is 1. The molecule has 1 aliphatic rings. The quantitative estimate of drug-likeness (QED) is 0.210. The summed E-state index contributed by atoms with van der Waals surface area (Å²) in [5.41, 5.74) is 1.07. The molecule has 0 atom stereocenters. The molecule has 0 amide bonds. The van der Waals surface area contributed by atoms with Crippen molar-refractivity contribution in [3.05, 3.63) is 62.3 Å². The lowest BCUT2D eigenvalue weighted by Crippen LogP contribution is -2.52. The first-order chi connectivity index (χ1) is 13.2. The van der Waals surface area contributed by atoms with Gasteiger partial charge in [-0.1, -0.05) is 18.2 Å². The fraction of sp³-hybridized carbons (Fsp3) is 0.421. The molecule has 1 aromatic heterocycles. The number of halogens is 1. The molecule has 1 N–H and O–H groups in total. The molecule has 2 aromatic rings. The number of benzene rings is 1. The minimum Gasteiger partial charge on any atom is -0.357 e. The molecule has 0 bridgehead atoms. The van der Waals surface area contributed by atoms with E-state index in [1.165, 1.54) is 17.0 Å². The van der Waals surface area contributed by atoms with E-state index in [-0.39, 0.29) is 34.6 Å². The lowest BCUT2D eigenvalue weighted by Gasteiger charge is -2.36. The van der Waals surface area contributed by atoms with Gasteiger partial charge in [-0.05, 0) is 23.9 Å². The number of guanidine groups is 1. The minimum absolute atomic E-state index is 0. The minimum atomic E-state index is -0.382. The van der Waals surface area contributed by atoms with Gasteiger partial charge in [0.05, 0.1) is 11.5 Å². The van der Waals surface area contributed by atoms with E-state index in [0.29, 0.717) is 6.54 Å². The second-order valence-corrected chi connectivity index (χ2v) is 7.47. The van der Waals surface area contributed by atoms with E-state index < -0.39 is 0 Å². The van der Waals surface area contributed by atoms with Gasteiger partial charge in [-0.25, -0.2) is 4.99 Å². The monoisotopic (exact) mass is 515 g/mol. The van der Waals surface area contributed by atoms with Gasteiger partial charge in [-0.2, -0.15) is 0 Å². The molecule has 0 radical (unpaired) electrons. The first-order valence-electron chi connectivity index (χ1n) is 9.17. The zero-order chi connectivity index (χ0) is 19.1. The summed E-state index contributed by atoms with van der Waals surface area (Å²) >= 11 is 1.81. The highest BCUT2D eigenvalue weighted by Crippen LogP contribution is 2.15. The number of piperazine rings is 1. The fourth-order valence-electron chi connectivity index (χ4n) is 3.06. The standard InChI is InChI=1S/C19H25N5O2S.HI/c1-2-20-19(21-14-16-5-7-17(8-6-16)24(25)26)23-11-9-22(10-12-23)15-18-4-3-13-27-18;/h3-8,13H,2,9-12,14-15H2,1H3,(H,20,21);1H. The summed E-state index contributed by atoms with van der Waals surface area (Å²) in [4.78, 5) is 21.3. The number of aliphatic imine (C=N–C) groups is 1. The van der Waals surface area contributed by atoms with Gasteiger partial charge >= 0.3 is 0 Å². The number of nitrogens with zero attached hydrogens (tertiary/aromatic N) is 4. The van der Waals surface area contributed by atoms with Crippen LogP contribution < -0.4 is 5.32 Å². The van der Waals surface area contributed by atoms with Gasteiger partial charge in [0.25, 0.3) is 5.69 Å². The topological polar surface area (TPSA) is 74.0 Å². The molecule has 9 heteroatoms. The molecule has 1 aliphatic heterocycles. The van der Waals surface area contributed by atoms with Gasteiger partial charge in [-0.15, -0.1) is 35.3 Å². The normalized spacial score (nSPS) is 15.2. The summed E-state index contributed by atoms with van der Waals surface area (Å²) in [6.07, 6.45) is 0. The summed E-state index contributed by atoms with van der Waals surface area (Å²) in [5.74, 6) is 0.909. The Balaban J connectivity index is 0.00000280. The van der Waals surface area contributed by atoms with Crippen molar-refractivity contribution in [2.75, 3.05) is 32.7 Å². The molecule has 1 aromatic carbocycles. The third-order valence-electron chi connectivity index (χ3n) is 4.52. The Morgan fingerprint density at radius 1 is 1.21 bits per heavy atom. The third kappa shape index (κ3) is 6.42. The molecule has 0 saturated carbocycles. The van der Waals surface area contributed by atoms with Crippen molar-refractivity contribution in [3.8, 4) is 0 Å². The first-order valence-corrected chi connectivity index (χ1v) is 10.0. The number of hydrogen-bond donors (Lipinski definition) is 1. The number of nitrogens with one attached hydrogen (secondary N) is 1. The Kier molecular flexibility index (Phi) is 9.13. The zero-order valence-corrected chi connectivity index (χ0v) is 19.1. The van der Waals surface area contributed by atoms with Crippen LogP contribution in [-0.2, 0) is 13.1 Å². The maximum Gasteiger partial charge on any atom is 0.269 e. The predicted octanol–water partition coefficient (Wildman–Crippen LogP) is 3.56. The second-order valence-electron chi connectivity index (χ2n) is 6.44. The molecule has 0 unspecified atom stereocenters. The van der Waals surface area contributed by atoms with E-state index >= 15 is 0 Å². The largest absolute Gasteiger partial charge is 0.357 e. The molecule has 7 nitrogen and oxygen atoms in total. The molecule has 28 heavy (non-hydrogen) atoms. The van der Waals surface area contributed by atoms with E-state index in [4.69, 9.17) is 4.99 Å². The summed E-state index contributed by atoms with van der Waals surface area (Å²) in [7, 11) is 0. The van der Waals surface area contributed by atoms with Crippen LogP contribution in [0.2, 0.25) is 0 Å². The van der Waals surface area contributed by atoms with Crippen LogP contribution in [0.1, 0.15) is 17.4 Å². The fourth-order valence-corrected chi connectivity index (χ4v) is 3.80. The van der Waals surface area contributed by atoms with E-state index in [1.807, 2.05) is 0 Å². The average molecular weight is 515 g/mol. The molecule has 152 valence electrons. The highest BCUT2D eigenvalue weighted by molar-refractivity contribution is 14.0. The van der Waals surface area contributed by atoms with Crippen LogP contribution in [0.15, 0.2) is 46.8 Å². The van der Waals surface area contributed by atoms with Crippen molar-refractivity contribution in [1.29, 1.82) is 0 Å². The van der Waals surface area contributed by atoms with Crippen molar-refractivity contribution in [2.24, 2.45) is 4.99 Å². The number of thiophene rings is 1. The van der Waals surface area contributed by atoms with Gasteiger partial charge in [-0.3, -0.25) is 15.0 Å². The van der Waals surface area contributed by atoms with E-state index in [9.17, 15) is 10.1 Å². The molecule has 2 heterocycles. The molecule has 3 rings (SSSR count). The Morgan fingerprint density at radius 2 is 1.93 bits per heavy atom. The third-order valence-corrected chi connectivity index (χ3v) is 5.39. The van der Waals surface area contributed by atoms with E-state index in [0.717, 1.165) is 50.8 Å². The van der Waals surface area contributed by atoms with Gasteiger partial charge in [0.1, 0.15) is 0 Å². The Hall–Kier alpha value is -1.72. The van der Waals surface area contributed by atoms with Crippen molar-refractivity contribution in [1.82, 2.24) is 15.1 Å². The molecular weight excluding hydrogens is 489 g/mol. The lowest BCUT2D eigenvalue weighted by atomic mass is 10.2. The van der Waals surface area contributed by atoms with Crippen molar-refractivity contribution in [3.63, 3.8) is 0 Å². The van der Waals surface area contributed by atoms with Gasteiger partial charge in [0.15, 0.2) is 5.96 Å². The number of nitro groups is 1. The maximum absolute atomic E-state index is 10.8. The summed E-state index contributed by atoms with van der Waals surface area (Å²) in [6, 6.07) is 10.9. The van der Waals surface area contributed by atoms with Crippen LogP contribution in [0, 0.1) is 10.1 Å². The smallest absolute Gasteiger partial charge is 0.269 e. The molecular formula is C19H26IN5O2S. The zero-order valence-electron chi connectivity index (χ0n) is 15.9. The van der Waals surface area contributed by atoms with Crippen LogP contribution in [0.25, 0.3) is 0 Å². The van der Waals surface area contributed by atoms with Crippen molar-refractivity contribution >= 4 is 47.0 Å². The van der Waals surface area contributed by atoms with Crippen LogP contribution in [0.4, 0.5) is 5.69 Å². The predicted molar refractivity (Wildman–Crippen MR) is 124 cm³/mol. The van der Waals surface area contributed by atoms with Crippen LogP contribution >= 0.6 is 35.3 Å². The summed E-state index contributed by atoms with van der Waals surface area (Å²) < 4.78 is 0. The van der Waals surface area contributed by atoms with Gasteiger partial charge < -0.3 is 10.2 Å². The number of rotatable bonds is 6. The highest BCUT2D eigenvalue weighted by atomic mass is 127. The van der Waals surface area contributed by atoms with E-state index in [1.54, 1.807) is 23.5 Å². The molecule has 0 aliphatic carbocycles. The molecule has 1 saturated heterocycles. The Bertz CT molecular complexity index is 759. The maximum atomic E-state index is 10.8. The Labute approximate surface area is 186 Å². The van der Waals surface area contributed by atoms with Crippen LogP contribution in [-0.4, -0.2) is 53.4 Å². The molecule has 1 fully saturated rings. The first kappa shape index (κ1) is 22.6. The van der Waals surface area contributed by atoms with Gasteiger partial charge in [0.2, 0.25) is 0 Å². The van der Waals surface area contributed by atoms with Gasteiger partial charge in [0, 0.05) is 56.3 Å². The summed E-state index contributed by atoms with van der Waals surface area (Å²) in [5, 5.41) is 16.2. The lowest BCUT2D eigenvalue weighted by molar-refractivity contribution is -0.384. The SMILES string of the molecule is CCNC(=NCc1ccc([N+](=O)[O-])cc1)N1CCN(Cc2cccs2)CC1.I. The Morgan fingerprint density at radius 3 is 2.50 bits per heavy atom. The number of non-ortho nitro benzene ring substituents is 1. The van der Waals surface area contributed by atoms with Crippen molar-refractivity contribution < 1.29 is 4.92 Å². The van der Waals surface area contributed by atoms with E-state index in [2.05, 4.69) is 39.6 Å². The highest BCUT2D eigenvalue weighted by Gasteiger charge is 2.19. The average Bonchev–Trinajstić information content (AvgIpc) is 3.19. The summed E-state index contributed by atoms with van der Waals surface area (Å²) in [6.45, 7) is 8.31. The number of hydrogen-bond acceptors (Lipinski definition) is 5. The molecule has 0 spiro atoms. The van der Waals surface area contributed by atoms with Crippen molar-refractivity contribution in [2.45, 2.75) is 20.0 Å².